The Kier molecular flexibility index (Phi) is 5.60. The molecule has 0 fully saturated rings. The van der Waals surface area contributed by atoms with Gasteiger partial charge < -0.3 is 9.47 Å². The van der Waals surface area contributed by atoms with Crippen molar-refractivity contribution in [2.75, 3.05) is 13.2 Å². The Morgan fingerprint density at radius 2 is 1.92 bits per heavy atom. The minimum atomic E-state index is -4.67. The Labute approximate surface area is 140 Å². The lowest BCUT2D eigenvalue weighted by Crippen LogP contribution is -2.12. The minimum absolute atomic E-state index is 0.255. The van der Waals surface area contributed by atoms with Crippen LogP contribution < -0.4 is 9.47 Å². The third-order valence-corrected chi connectivity index (χ3v) is 3.06. The molecule has 0 spiro atoms. The van der Waals surface area contributed by atoms with E-state index in [0.29, 0.717) is 35.0 Å². The molecule has 0 aliphatic carbocycles. The highest BCUT2D eigenvalue weighted by Gasteiger charge is 2.37. The molecule has 0 saturated carbocycles. The van der Waals surface area contributed by atoms with Gasteiger partial charge in [0.05, 0.1) is 19.4 Å². The zero-order valence-electron chi connectivity index (χ0n) is 12.9. The molecule has 1 aromatic heterocycles. The number of benzene rings is 1. The van der Waals surface area contributed by atoms with Crippen LogP contribution in [0.5, 0.6) is 11.5 Å². The van der Waals surface area contributed by atoms with Crippen LogP contribution in [0.15, 0.2) is 23.3 Å². The summed E-state index contributed by atoms with van der Waals surface area (Å²) in [7, 11) is 0. The van der Waals surface area contributed by atoms with Gasteiger partial charge in [-0.1, -0.05) is 0 Å². The van der Waals surface area contributed by atoms with Gasteiger partial charge in [-0.25, -0.2) is 5.10 Å². The Morgan fingerprint density at radius 3 is 2.54 bits per heavy atom. The van der Waals surface area contributed by atoms with Crippen molar-refractivity contribution in [3.63, 3.8) is 0 Å². The first-order valence-corrected chi connectivity index (χ1v) is 7.46. The molecule has 0 aliphatic heterocycles. The van der Waals surface area contributed by atoms with Crippen molar-refractivity contribution in [1.82, 2.24) is 14.9 Å². The van der Waals surface area contributed by atoms with E-state index in [0.717, 1.165) is 0 Å². The number of aromatic nitrogens is 3. The maximum atomic E-state index is 12.8. The van der Waals surface area contributed by atoms with Crippen LogP contribution >= 0.6 is 12.2 Å². The van der Waals surface area contributed by atoms with E-state index in [-0.39, 0.29) is 4.77 Å². The molecule has 0 aliphatic rings. The van der Waals surface area contributed by atoms with E-state index in [1.54, 1.807) is 18.2 Å². The molecule has 0 bridgehead atoms. The van der Waals surface area contributed by atoms with E-state index < -0.39 is 12.0 Å². The van der Waals surface area contributed by atoms with E-state index in [1.165, 1.54) is 6.21 Å². The average molecular weight is 360 g/mol. The van der Waals surface area contributed by atoms with Crippen LogP contribution in [0.4, 0.5) is 13.2 Å². The number of halogens is 3. The fourth-order valence-corrected chi connectivity index (χ4v) is 2.03. The smallest absolute Gasteiger partial charge is 0.453 e. The molecule has 0 unspecified atom stereocenters. The number of aromatic amines is 1. The van der Waals surface area contributed by atoms with Crippen LogP contribution in [0.3, 0.4) is 0 Å². The molecule has 130 valence electrons. The fraction of sp³-hybridized carbons (Fsp3) is 0.357. The predicted octanol–water partition coefficient (Wildman–Crippen LogP) is 3.64. The van der Waals surface area contributed by atoms with Crippen LogP contribution in [0.25, 0.3) is 0 Å². The summed E-state index contributed by atoms with van der Waals surface area (Å²) in [5, 5.41) is 8.98. The monoisotopic (exact) mass is 360 g/mol. The highest BCUT2D eigenvalue weighted by molar-refractivity contribution is 7.71. The van der Waals surface area contributed by atoms with Gasteiger partial charge in [-0.05, 0) is 49.8 Å². The van der Waals surface area contributed by atoms with Crippen LogP contribution in [0.1, 0.15) is 25.2 Å². The molecule has 2 rings (SSSR count). The van der Waals surface area contributed by atoms with Crippen molar-refractivity contribution in [2.45, 2.75) is 20.0 Å². The summed E-state index contributed by atoms with van der Waals surface area (Å²) in [5.41, 5.74) is 0.526. The maximum Gasteiger partial charge on any atom is 0.453 e. The van der Waals surface area contributed by atoms with E-state index in [4.69, 9.17) is 21.7 Å². The molecule has 10 heteroatoms. The number of rotatable bonds is 6. The standard InChI is InChI=1S/C14H15F3N4O2S/c1-3-22-10-6-5-9(7-11(10)23-4-2)8-18-21-12(14(15,16)17)19-20-13(21)24/h5-8H,3-4H2,1-2H3,(H,20,24)/b18-8-. The molecule has 1 heterocycles. The zero-order chi connectivity index (χ0) is 17.7. The fourth-order valence-electron chi connectivity index (χ4n) is 1.85. The molecule has 1 N–H and O–H groups in total. The molecule has 24 heavy (non-hydrogen) atoms. The number of H-pyrrole nitrogens is 1. The molecular weight excluding hydrogens is 345 g/mol. The number of hydrogen-bond acceptors (Lipinski definition) is 5. The molecule has 0 radical (unpaired) electrons. The van der Waals surface area contributed by atoms with E-state index in [9.17, 15) is 13.2 Å². The van der Waals surface area contributed by atoms with Crippen molar-refractivity contribution in [1.29, 1.82) is 0 Å². The first-order valence-electron chi connectivity index (χ1n) is 7.05. The van der Waals surface area contributed by atoms with Gasteiger partial charge >= 0.3 is 6.18 Å². The molecule has 2 aromatic rings. The lowest BCUT2D eigenvalue weighted by molar-refractivity contribution is -0.147. The van der Waals surface area contributed by atoms with Crippen LogP contribution in [-0.4, -0.2) is 34.3 Å². The summed E-state index contributed by atoms with van der Waals surface area (Å²) in [6, 6.07) is 4.93. The lowest BCUT2D eigenvalue weighted by atomic mass is 10.2. The molecule has 0 saturated heterocycles. The van der Waals surface area contributed by atoms with Gasteiger partial charge in [-0.2, -0.15) is 22.9 Å². The second-order valence-corrected chi connectivity index (χ2v) is 4.87. The van der Waals surface area contributed by atoms with Crippen LogP contribution in [-0.2, 0) is 6.18 Å². The average Bonchev–Trinajstić information content (AvgIpc) is 2.89. The third-order valence-electron chi connectivity index (χ3n) is 2.79. The first kappa shape index (κ1) is 18.0. The first-order chi connectivity index (χ1) is 11.4. The number of hydrogen-bond donors (Lipinski definition) is 1. The Hall–Kier alpha value is -2.36. The quantitative estimate of drug-likeness (QED) is 0.631. The largest absolute Gasteiger partial charge is 0.490 e. The predicted molar refractivity (Wildman–Crippen MR) is 84.2 cm³/mol. The number of ether oxygens (including phenoxy) is 2. The number of nitrogens with one attached hydrogen (secondary N) is 1. The summed E-state index contributed by atoms with van der Waals surface area (Å²) in [4.78, 5) is 0. The third kappa shape index (κ3) is 4.13. The van der Waals surface area contributed by atoms with Gasteiger partial charge in [0, 0.05) is 0 Å². The van der Waals surface area contributed by atoms with Crippen molar-refractivity contribution in [2.24, 2.45) is 5.10 Å². The SMILES string of the molecule is CCOc1ccc(/C=N\n2c(C(F)(F)F)n[nH]c2=S)cc1OCC. The van der Waals surface area contributed by atoms with Gasteiger partial charge in [0.1, 0.15) is 0 Å². The molecule has 0 amide bonds. The van der Waals surface area contributed by atoms with E-state index in [1.807, 2.05) is 13.8 Å². The van der Waals surface area contributed by atoms with Crippen molar-refractivity contribution < 1.29 is 22.6 Å². The molecule has 1 aromatic carbocycles. The van der Waals surface area contributed by atoms with Gasteiger partial charge in [0.15, 0.2) is 11.5 Å². The Balaban J connectivity index is 2.35. The number of nitrogens with zero attached hydrogens (tertiary/aromatic N) is 3. The maximum absolute atomic E-state index is 12.8. The lowest BCUT2D eigenvalue weighted by Gasteiger charge is -2.11. The molecule has 6 nitrogen and oxygen atoms in total. The highest BCUT2D eigenvalue weighted by Crippen LogP contribution is 2.29. The zero-order valence-corrected chi connectivity index (χ0v) is 13.7. The van der Waals surface area contributed by atoms with E-state index in [2.05, 4.69) is 15.3 Å². The van der Waals surface area contributed by atoms with Crippen molar-refractivity contribution in [3.8, 4) is 11.5 Å². The van der Waals surface area contributed by atoms with Crippen molar-refractivity contribution in [3.05, 3.63) is 34.4 Å². The van der Waals surface area contributed by atoms with Gasteiger partial charge in [-0.3, -0.25) is 0 Å². The Morgan fingerprint density at radius 1 is 1.25 bits per heavy atom. The van der Waals surface area contributed by atoms with Crippen molar-refractivity contribution >= 4 is 18.4 Å². The second kappa shape index (κ2) is 7.47. The topological polar surface area (TPSA) is 64.4 Å². The van der Waals surface area contributed by atoms with Gasteiger partial charge in [0.25, 0.3) is 5.82 Å². The summed E-state index contributed by atoms with van der Waals surface area (Å²) in [6.07, 6.45) is -3.43. The number of alkyl halides is 3. The van der Waals surface area contributed by atoms with Crippen LogP contribution in [0, 0.1) is 4.77 Å². The Bertz CT molecular complexity index is 783. The summed E-state index contributed by atoms with van der Waals surface area (Å²) < 4.78 is 49.6. The van der Waals surface area contributed by atoms with Crippen LogP contribution in [0.2, 0.25) is 0 Å². The van der Waals surface area contributed by atoms with Gasteiger partial charge in [-0.15, -0.1) is 5.10 Å². The molecule has 0 atom stereocenters. The highest BCUT2D eigenvalue weighted by atomic mass is 32.1. The van der Waals surface area contributed by atoms with Gasteiger partial charge in [0.2, 0.25) is 4.77 Å². The normalized spacial score (nSPS) is 11.9. The second-order valence-electron chi connectivity index (χ2n) is 4.48. The summed E-state index contributed by atoms with van der Waals surface area (Å²) >= 11 is 4.77. The minimum Gasteiger partial charge on any atom is -0.490 e. The summed E-state index contributed by atoms with van der Waals surface area (Å²) in [6.45, 7) is 4.54. The molecular formula is C14H15F3N4O2S. The summed E-state index contributed by atoms with van der Waals surface area (Å²) in [5.74, 6) is -0.192. The van der Waals surface area contributed by atoms with E-state index >= 15 is 0 Å².